The number of rotatable bonds is 10. The van der Waals surface area contributed by atoms with Crippen molar-refractivity contribution >= 4 is 17.6 Å². The minimum atomic E-state index is -8.32. The van der Waals surface area contributed by atoms with Gasteiger partial charge in [0.1, 0.15) is 5.03 Å². The van der Waals surface area contributed by atoms with Crippen molar-refractivity contribution in [2.24, 2.45) is 0 Å². The first-order chi connectivity index (χ1) is 13.3. The van der Waals surface area contributed by atoms with Crippen LogP contribution in [0, 0.1) is 0 Å². The average molecular weight is 517 g/mol. The van der Waals surface area contributed by atoms with Crippen molar-refractivity contribution in [2.75, 3.05) is 6.61 Å². The van der Waals surface area contributed by atoms with Gasteiger partial charge in [-0.2, -0.15) is 65.9 Å². The van der Waals surface area contributed by atoms with Crippen LogP contribution in [0.2, 0.25) is 0 Å². The zero-order valence-corrected chi connectivity index (χ0v) is 14.9. The number of carbonyl (C=O) groups excluding carboxylic acids is 1. The first-order valence-electron chi connectivity index (χ1n) is 7.18. The number of hydrogen-bond donors (Lipinski definition) is 0. The topological polar surface area (TPSA) is 26.3 Å². The number of halogens is 16. The first kappa shape index (κ1) is 29.5. The summed E-state index contributed by atoms with van der Waals surface area (Å²) in [5, 5.41) is -0.865. The Bertz CT molecular complexity index is 683. The highest BCUT2D eigenvalue weighted by molar-refractivity contribution is 6.40. The van der Waals surface area contributed by atoms with Crippen LogP contribution in [0.1, 0.15) is 12.8 Å². The van der Waals surface area contributed by atoms with Crippen molar-refractivity contribution in [2.45, 2.75) is 54.6 Å². The maximum Gasteiger partial charge on any atom is 0.460 e. The van der Waals surface area contributed by atoms with Crippen molar-refractivity contribution in [1.82, 2.24) is 0 Å². The van der Waals surface area contributed by atoms with Crippen LogP contribution in [0.4, 0.5) is 65.9 Å². The maximum atomic E-state index is 13.4. The second-order valence-electron chi connectivity index (χ2n) is 5.72. The van der Waals surface area contributed by atoms with Gasteiger partial charge < -0.3 is 4.74 Å². The molecule has 31 heavy (non-hydrogen) atoms. The van der Waals surface area contributed by atoms with Gasteiger partial charge >= 0.3 is 47.7 Å². The summed E-state index contributed by atoms with van der Waals surface area (Å²) in [6.45, 7) is 1.48. The van der Waals surface area contributed by atoms with Crippen LogP contribution in [-0.4, -0.2) is 54.3 Å². The third-order valence-corrected chi connectivity index (χ3v) is 3.64. The molecule has 2 nitrogen and oxygen atoms in total. The van der Waals surface area contributed by atoms with Crippen molar-refractivity contribution < 1.29 is 75.4 Å². The third-order valence-electron chi connectivity index (χ3n) is 3.48. The summed E-state index contributed by atoms with van der Waals surface area (Å²) >= 11 is 4.96. The van der Waals surface area contributed by atoms with E-state index in [1.54, 1.807) is 0 Å². The molecule has 0 spiro atoms. The minimum absolute atomic E-state index is 0.865. The molecule has 0 fully saturated rings. The highest BCUT2D eigenvalue weighted by Gasteiger charge is 2.93. The van der Waals surface area contributed by atoms with Crippen molar-refractivity contribution in [3.63, 3.8) is 0 Å². The number of carbonyl (C=O) groups is 1. The van der Waals surface area contributed by atoms with Gasteiger partial charge in [-0.1, -0.05) is 18.2 Å². The standard InChI is InChI=1S/C13H8ClF15O2/c1-5(14)6(30)31-4-2-3-7(15,16)8(17,18)9(19,20)10(21,22)11(23,24)12(25,26)13(27,28)29/h1-4H2. The summed E-state index contributed by atoms with van der Waals surface area (Å²) in [6.07, 6.45) is -11.8. The fourth-order valence-electron chi connectivity index (χ4n) is 1.69. The lowest BCUT2D eigenvalue weighted by Crippen LogP contribution is -2.72. The Morgan fingerprint density at radius 1 is 0.677 bits per heavy atom. The second kappa shape index (κ2) is 8.42. The van der Waals surface area contributed by atoms with Gasteiger partial charge in [-0.15, -0.1) is 0 Å². The third kappa shape index (κ3) is 4.79. The molecule has 18 heteroatoms. The smallest absolute Gasteiger partial charge is 0.460 e. The van der Waals surface area contributed by atoms with E-state index in [2.05, 4.69) is 11.3 Å². The second-order valence-corrected chi connectivity index (χ2v) is 6.17. The molecule has 0 aliphatic rings. The number of ether oxygens (including phenoxy) is 1. The Kier molecular flexibility index (Phi) is 8.00. The van der Waals surface area contributed by atoms with Gasteiger partial charge in [-0.3, -0.25) is 0 Å². The molecule has 0 unspecified atom stereocenters. The number of alkyl halides is 15. The zero-order chi connectivity index (χ0) is 25.5. The van der Waals surface area contributed by atoms with E-state index in [9.17, 15) is 70.7 Å². The summed E-state index contributed by atoms with van der Waals surface area (Å²) in [6, 6.07) is 0. The van der Waals surface area contributed by atoms with E-state index in [1.165, 1.54) is 0 Å². The normalized spacial score (nSPS) is 15.1. The molecule has 0 aliphatic carbocycles. The van der Waals surface area contributed by atoms with Crippen molar-refractivity contribution in [1.29, 1.82) is 0 Å². The van der Waals surface area contributed by atoms with Crippen LogP contribution in [0.5, 0.6) is 0 Å². The molecule has 0 aromatic heterocycles. The van der Waals surface area contributed by atoms with E-state index in [4.69, 9.17) is 11.6 Å². The molecule has 0 heterocycles. The van der Waals surface area contributed by atoms with Gasteiger partial charge in [0, 0.05) is 6.42 Å². The molecule has 0 aromatic carbocycles. The molecule has 184 valence electrons. The Hall–Kier alpha value is -1.55. The summed E-state index contributed by atoms with van der Waals surface area (Å²) < 4.78 is 198. The van der Waals surface area contributed by atoms with Crippen molar-refractivity contribution in [3.8, 4) is 0 Å². The highest BCUT2D eigenvalue weighted by Crippen LogP contribution is 2.62. The van der Waals surface area contributed by atoms with Gasteiger partial charge in [0.2, 0.25) is 0 Å². The zero-order valence-electron chi connectivity index (χ0n) is 14.2. The van der Waals surface area contributed by atoms with E-state index in [1.807, 2.05) is 0 Å². The van der Waals surface area contributed by atoms with Gasteiger partial charge in [-0.05, 0) is 6.42 Å². The molecule has 0 saturated heterocycles. The highest BCUT2D eigenvalue weighted by atomic mass is 35.5. The predicted molar refractivity (Wildman–Crippen MR) is 70.9 cm³/mol. The lowest BCUT2D eigenvalue weighted by Gasteiger charge is -2.41. The molecule has 0 rings (SSSR count). The van der Waals surface area contributed by atoms with Gasteiger partial charge in [0.05, 0.1) is 6.61 Å². The van der Waals surface area contributed by atoms with Crippen LogP contribution in [-0.2, 0) is 9.53 Å². The van der Waals surface area contributed by atoms with E-state index in [-0.39, 0.29) is 0 Å². The number of hydrogen-bond acceptors (Lipinski definition) is 2. The van der Waals surface area contributed by atoms with Crippen LogP contribution in [0.25, 0.3) is 0 Å². The van der Waals surface area contributed by atoms with Crippen LogP contribution >= 0.6 is 11.6 Å². The fourth-order valence-corrected chi connectivity index (χ4v) is 1.75. The molecule has 0 aromatic rings. The van der Waals surface area contributed by atoms with Crippen LogP contribution in [0.15, 0.2) is 11.6 Å². The van der Waals surface area contributed by atoms with E-state index >= 15 is 0 Å². The molecule has 0 saturated carbocycles. The molecule has 0 aliphatic heterocycles. The summed E-state index contributed by atoms with van der Waals surface area (Å²) in [4.78, 5) is 10.8. The quantitative estimate of drug-likeness (QED) is 0.145. The monoisotopic (exact) mass is 516 g/mol. The molecule has 0 N–H and O–H groups in total. The van der Waals surface area contributed by atoms with Crippen LogP contribution in [0.3, 0.4) is 0 Å². The molecule has 0 bridgehead atoms. The first-order valence-corrected chi connectivity index (χ1v) is 7.56. The predicted octanol–water partition coefficient (Wildman–Crippen LogP) is 6.44. The minimum Gasteiger partial charge on any atom is -0.461 e. The summed E-state index contributed by atoms with van der Waals surface area (Å²) in [5.74, 6) is -48.2. The summed E-state index contributed by atoms with van der Waals surface area (Å²) in [5.41, 5.74) is 0. The van der Waals surface area contributed by atoms with Gasteiger partial charge in [-0.25, -0.2) is 4.79 Å². The van der Waals surface area contributed by atoms with Gasteiger partial charge in [0.15, 0.2) is 0 Å². The fraction of sp³-hybridized carbons (Fsp3) is 0.769. The SMILES string of the molecule is C=C(Cl)C(=O)OCCCC(F)(F)C(F)(F)C(F)(F)C(F)(F)C(F)(F)C(F)(F)C(F)(F)F. The van der Waals surface area contributed by atoms with Crippen LogP contribution < -0.4 is 0 Å². The molecule has 0 radical (unpaired) electrons. The Balaban J connectivity index is 5.93. The molecule has 0 amide bonds. The lowest BCUT2D eigenvalue weighted by molar-refractivity contribution is -0.452. The lowest BCUT2D eigenvalue weighted by atomic mass is 9.90. The van der Waals surface area contributed by atoms with E-state index < -0.39 is 72.2 Å². The molecule has 0 atom stereocenters. The van der Waals surface area contributed by atoms with Gasteiger partial charge in [0.25, 0.3) is 0 Å². The Labute approximate surface area is 166 Å². The van der Waals surface area contributed by atoms with E-state index in [0.29, 0.717) is 0 Å². The average Bonchev–Trinajstić information content (AvgIpc) is 2.56. The van der Waals surface area contributed by atoms with E-state index in [0.717, 1.165) is 0 Å². The summed E-state index contributed by atoms with van der Waals surface area (Å²) in [7, 11) is 0. The maximum absolute atomic E-state index is 13.4. The molecular weight excluding hydrogens is 509 g/mol. The number of esters is 1. The Morgan fingerprint density at radius 3 is 1.39 bits per heavy atom. The Morgan fingerprint density at radius 2 is 1.03 bits per heavy atom. The van der Waals surface area contributed by atoms with Crippen molar-refractivity contribution in [3.05, 3.63) is 11.6 Å². The molecular formula is C13H8ClF15O2. The largest absolute Gasteiger partial charge is 0.461 e.